The number of anilines is 3. The van der Waals surface area contributed by atoms with Crippen LogP contribution in [0.2, 0.25) is 0 Å². The second-order valence-corrected chi connectivity index (χ2v) is 29.0. The maximum atomic E-state index is 13.4. The van der Waals surface area contributed by atoms with Crippen LogP contribution in [0.3, 0.4) is 0 Å². The third kappa shape index (κ3) is 17.3. The fourth-order valence-corrected chi connectivity index (χ4v) is 14.0. The van der Waals surface area contributed by atoms with Gasteiger partial charge in [-0.25, -0.2) is 37.7 Å². The van der Waals surface area contributed by atoms with E-state index in [0.717, 1.165) is 41.9 Å². The number of carbonyl (C=O) groups is 2. The minimum Gasteiger partial charge on any atom is -0.454 e. The second kappa shape index (κ2) is 30.2. The molecule has 3 aliphatic rings. The number of aliphatic hydroxyl groups is 3. The minimum absolute atomic E-state index is 0.151. The van der Waals surface area contributed by atoms with Gasteiger partial charge in [0.2, 0.25) is 20.4 Å². The van der Waals surface area contributed by atoms with Crippen LogP contribution < -0.4 is 50.3 Å². The number of benzene rings is 9. The largest absolute Gasteiger partial charge is 0.488 e. The number of hydrogen-bond acceptors (Lipinski definition) is 22. The van der Waals surface area contributed by atoms with E-state index in [1.165, 1.54) is 70.4 Å². The molecule has 15 rings (SSSR count). The fraction of sp³-hybridized carbons (Fsp3) is 0.192. The Kier molecular flexibility index (Phi) is 21.3. The summed E-state index contributed by atoms with van der Waals surface area (Å²) in [6.07, 6.45) is -3.98. The summed E-state index contributed by atoms with van der Waals surface area (Å²) in [5.74, 6) is 2.74. The highest BCUT2D eigenvalue weighted by Gasteiger charge is 2.26. The van der Waals surface area contributed by atoms with E-state index in [0.29, 0.717) is 104 Å². The van der Waals surface area contributed by atoms with Crippen molar-refractivity contribution in [1.29, 1.82) is 0 Å². The van der Waals surface area contributed by atoms with Crippen molar-refractivity contribution in [3.8, 4) is 56.8 Å². The first-order valence-corrected chi connectivity index (χ1v) is 34.5. The molecule has 3 aliphatic heterocycles. The van der Waals surface area contributed by atoms with E-state index in [2.05, 4.69) is 41.5 Å². The number of nitrogens with zero attached hydrogens (tertiary/aromatic N) is 3. The molecule has 0 radical (unpaired) electrons. The molecular formula is C73H63BBrF3N6O15S3. The van der Waals surface area contributed by atoms with Gasteiger partial charge in [-0.05, 0) is 217 Å². The monoisotopic (exact) mass is 1510 g/mol. The van der Waals surface area contributed by atoms with Crippen LogP contribution in [0, 0.1) is 17.5 Å². The first kappa shape index (κ1) is 71.7. The quantitative estimate of drug-likeness (QED) is 0.0558. The van der Waals surface area contributed by atoms with Crippen LogP contribution in [0.15, 0.2) is 168 Å². The summed E-state index contributed by atoms with van der Waals surface area (Å²) >= 11 is 7.35. The molecule has 0 saturated heterocycles. The lowest BCUT2D eigenvalue weighted by Crippen LogP contribution is -2.29. The summed E-state index contributed by atoms with van der Waals surface area (Å²) in [7, 11) is -1.46. The van der Waals surface area contributed by atoms with Crippen LogP contribution in [0.4, 0.5) is 38.2 Å². The lowest BCUT2D eigenvalue weighted by Gasteiger charge is -2.18. The Labute approximate surface area is 601 Å². The maximum Gasteiger partial charge on any atom is 0.488 e. The number of carbonyl (C=O) groups excluding carboxylic acids is 2. The normalized spacial score (nSPS) is 13.4. The number of halogens is 4. The van der Waals surface area contributed by atoms with Crippen molar-refractivity contribution in [3.05, 3.63) is 219 Å². The molecule has 21 nitrogen and oxygen atoms in total. The number of fused-ring (bicyclic) bond motifs is 6. The van der Waals surface area contributed by atoms with Gasteiger partial charge in [0.05, 0.1) is 30.6 Å². The predicted molar refractivity (Wildman–Crippen MR) is 388 cm³/mol. The maximum absolute atomic E-state index is 13.4. The molecule has 102 heavy (non-hydrogen) atoms. The van der Waals surface area contributed by atoms with E-state index >= 15 is 0 Å². The zero-order valence-electron chi connectivity index (χ0n) is 55.0. The third-order valence-corrected chi connectivity index (χ3v) is 18.6. The summed E-state index contributed by atoms with van der Waals surface area (Å²) < 4.78 is 85.3. The van der Waals surface area contributed by atoms with E-state index in [1.807, 2.05) is 60.7 Å². The van der Waals surface area contributed by atoms with Gasteiger partial charge in [-0.2, -0.15) is 0 Å². The van der Waals surface area contributed by atoms with Gasteiger partial charge in [-0.1, -0.05) is 88.6 Å². The lowest BCUT2D eigenvalue weighted by molar-refractivity contribution is 0.0624. The summed E-state index contributed by atoms with van der Waals surface area (Å²) in [6.45, 7) is 11.2. The molecule has 3 unspecified atom stereocenters. The Morgan fingerprint density at radius 3 is 1.24 bits per heavy atom. The first-order chi connectivity index (χ1) is 48.6. The summed E-state index contributed by atoms with van der Waals surface area (Å²) in [4.78, 5) is 37.7. The molecule has 0 bridgehead atoms. The number of ether oxygens (including phenoxy) is 8. The Bertz CT molecular complexity index is 5080. The minimum atomic E-state index is -1.46. The van der Waals surface area contributed by atoms with Crippen molar-refractivity contribution in [2.45, 2.75) is 71.1 Å². The molecule has 3 atom stereocenters. The van der Waals surface area contributed by atoms with E-state index in [1.54, 1.807) is 108 Å². The molecule has 9 aromatic carbocycles. The van der Waals surface area contributed by atoms with Crippen LogP contribution in [-0.2, 0) is 9.47 Å². The Morgan fingerprint density at radius 1 is 0.471 bits per heavy atom. The summed E-state index contributed by atoms with van der Waals surface area (Å²) in [6, 6.07) is 44.2. The highest BCUT2D eigenvalue weighted by atomic mass is 79.9. The molecule has 524 valence electrons. The fourth-order valence-electron chi connectivity index (χ4n) is 10.6. The molecule has 0 fully saturated rings. The lowest BCUT2D eigenvalue weighted by atomic mass is 9.80. The molecule has 0 aliphatic carbocycles. The number of amides is 2. The number of hydrogen-bond donors (Lipinski definition) is 8. The van der Waals surface area contributed by atoms with E-state index < -0.39 is 48.8 Å². The van der Waals surface area contributed by atoms with Gasteiger partial charge in [0.15, 0.2) is 49.9 Å². The molecule has 0 saturated carbocycles. The predicted octanol–water partition coefficient (Wildman–Crippen LogP) is 15.5. The first-order valence-electron chi connectivity index (χ1n) is 31.2. The zero-order chi connectivity index (χ0) is 72.3. The summed E-state index contributed by atoms with van der Waals surface area (Å²) in [5.41, 5.74) is 14.1. The van der Waals surface area contributed by atoms with Crippen LogP contribution in [-0.4, -0.2) is 91.2 Å². The number of rotatable bonds is 11. The molecule has 9 N–H and O–H groups in total. The summed E-state index contributed by atoms with van der Waals surface area (Å²) in [5, 5.41) is 56.7. The van der Waals surface area contributed by atoms with Gasteiger partial charge in [-0.15, -0.1) is 0 Å². The van der Waals surface area contributed by atoms with E-state index in [9.17, 15) is 38.1 Å². The number of thiazole rings is 3. The second-order valence-electron chi connectivity index (χ2n) is 25.0. The molecule has 2 amide bonds. The number of nitrogen functional groups attached to an aromatic ring is 1. The smallest absolute Gasteiger partial charge is 0.454 e. The number of aliphatic hydroxyl groups excluding tert-OH is 3. The average Bonchev–Trinajstić information content (AvgIpc) is 1.58. The van der Waals surface area contributed by atoms with Crippen LogP contribution >= 0.6 is 49.9 Å². The van der Waals surface area contributed by atoms with Crippen LogP contribution in [0.1, 0.15) is 93.2 Å². The van der Waals surface area contributed by atoms with Crippen molar-refractivity contribution in [2.24, 2.45) is 0 Å². The van der Waals surface area contributed by atoms with Crippen LogP contribution in [0.25, 0.3) is 52.9 Å². The molecule has 3 aromatic heterocycles. The molecular weight excluding hydrogens is 1440 g/mol. The molecule has 29 heteroatoms. The van der Waals surface area contributed by atoms with Gasteiger partial charge in [-0.3, -0.25) is 10.6 Å². The van der Waals surface area contributed by atoms with Crippen molar-refractivity contribution in [2.75, 3.05) is 36.7 Å². The SMILES string of the molecule is CC(C)(C)OC(=O)Nc1nc2c(-c3ccc4c(c3)OCO4)cc(C(O)c3ccc(F)cc3)cc2s1.CC(C)(C)OC(=O)Nc1nc2c(Br)cc(C(O)c3ccc(F)cc3)cc2s1.Nc1nc2c(-c3ccc4c(c3)OCO4)cc(C(O)c3ccc(F)cc3)cc2s1.OB(O)c1ccc2c(c1)OCO2. The average molecular weight is 1510 g/mol. The Balaban J connectivity index is 0.000000134. The highest BCUT2D eigenvalue weighted by Crippen LogP contribution is 2.45. The molecule has 12 aromatic rings. The Morgan fingerprint density at radius 2 is 0.824 bits per heavy atom. The van der Waals surface area contributed by atoms with Gasteiger partial charge in [0.25, 0.3) is 0 Å². The standard InChI is InChI=1S/C26H23FN2O5S.C21H15FN2O3S.C19H18BrFN2O3S.C7H7BO4/c1-26(2,3)34-25(31)29-24-28-22-18(15-6-9-19-20(11-15)33-13-32-19)10-16(12-21(22)35-24)23(30)14-4-7-17(27)8-5-14;22-14-4-1-11(2-5-14)20(25)13-7-15(19-18(9-13)28-21(23)24-19)12-3-6-16-17(8-12)27-10-26-16;1-19(2,3)26-18(25)23-17-22-15-13(20)8-11(9-14(15)27-17)16(24)10-4-6-12(21)7-5-10;9-8(10)5-1-2-6-7(3-5)12-4-11-6/h4-12,23,30H,13H2,1-3H3,(H,28,29,31);1-9,20,25H,10H2,(H2,23,24);4-9,16,24H,1-3H3,(H,22,23,25);1-3,9-10H,4H2. The molecule has 6 heterocycles. The third-order valence-electron chi connectivity index (χ3n) is 15.3. The topological polar surface area (TPSA) is 298 Å². The number of nitrogens with one attached hydrogen (secondary N) is 2. The van der Waals surface area contributed by atoms with Gasteiger partial charge >= 0.3 is 19.3 Å². The van der Waals surface area contributed by atoms with Gasteiger partial charge in [0, 0.05) is 15.6 Å². The van der Waals surface area contributed by atoms with E-state index in [-0.39, 0.29) is 37.8 Å². The highest BCUT2D eigenvalue weighted by molar-refractivity contribution is 9.10. The Hall–Kier alpha value is -10.1. The van der Waals surface area contributed by atoms with Crippen molar-refractivity contribution in [1.82, 2.24) is 15.0 Å². The van der Waals surface area contributed by atoms with Gasteiger partial charge in [0.1, 0.15) is 47.0 Å². The van der Waals surface area contributed by atoms with Crippen molar-refractivity contribution >= 4 is 121 Å². The van der Waals surface area contributed by atoms with Crippen molar-refractivity contribution in [3.63, 3.8) is 0 Å². The van der Waals surface area contributed by atoms with Gasteiger partial charge < -0.3 is 69.0 Å². The van der Waals surface area contributed by atoms with Crippen LogP contribution in [0.5, 0.6) is 34.5 Å². The van der Waals surface area contributed by atoms with Crippen molar-refractivity contribution < 1.29 is 86.0 Å². The zero-order valence-corrected chi connectivity index (χ0v) is 59.0. The van der Waals surface area contributed by atoms with E-state index in [4.69, 9.17) is 53.7 Å². The number of aromatic nitrogens is 3. The number of nitrogens with two attached hydrogens (primary N) is 1. The molecule has 0 spiro atoms.